The first-order valence-electron chi connectivity index (χ1n) is 3.50. The van der Waals surface area contributed by atoms with Gasteiger partial charge in [0.15, 0.2) is 0 Å². The van der Waals surface area contributed by atoms with Gasteiger partial charge in [0, 0.05) is 0 Å². The minimum Gasteiger partial charge on any atom is -0.243 e. The van der Waals surface area contributed by atoms with Crippen molar-refractivity contribution in [2.45, 2.75) is 37.5 Å². The van der Waals surface area contributed by atoms with Gasteiger partial charge in [-0.25, -0.2) is 8.78 Å². The second-order valence-electron chi connectivity index (χ2n) is 2.72. The summed E-state index contributed by atoms with van der Waals surface area (Å²) >= 11 is 0. The van der Waals surface area contributed by atoms with E-state index in [1.165, 1.54) is 0 Å². The molecule has 1 saturated carbocycles. The summed E-state index contributed by atoms with van der Waals surface area (Å²) in [5, 5.41) is 0. The van der Waals surface area contributed by atoms with Crippen LogP contribution < -0.4 is 0 Å². The Morgan fingerprint density at radius 1 is 1.50 bits per heavy atom. The molecule has 0 aromatic carbocycles. The lowest BCUT2D eigenvalue weighted by Gasteiger charge is -2.27. The van der Waals surface area contributed by atoms with E-state index in [-0.39, 0.29) is 12.8 Å². The summed E-state index contributed by atoms with van der Waals surface area (Å²) in [5.41, 5.74) is -1.96. The zero-order valence-corrected chi connectivity index (χ0v) is 5.74. The highest BCUT2D eigenvalue weighted by Gasteiger charge is 2.39. The van der Waals surface area contributed by atoms with Crippen LogP contribution in [-0.2, 0) is 0 Å². The topological polar surface area (TPSA) is 0 Å². The molecule has 0 aliphatic heterocycles. The van der Waals surface area contributed by atoms with Crippen molar-refractivity contribution in [3.8, 4) is 12.3 Å². The number of hydrogen-bond donors (Lipinski definition) is 0. The van der Waals surface area contributed by atoms with Gasteiger partial charge in [-0.05, 0) is 19.3 Å². The third-order valence-corrected chi connectivity index (χ3v) is 1.98. The molecule has 0 aromatic heterocycles. The van der Waals surface area contributed by atoms with Crippen molar-refractivity contribution >= 4 is 0 Å². The third kappa shape index (κ3) is 1.13. The van der Waals surface area contributed by atoms with Crippen molar-refractivity contribution in [1.82, 2.24) is 0 Å². The highest BCUT2D eigenvalue weighted by Crippen LogP contribution is 2.33. The molecule has 0 radical (unpaired) electrons. The smallest absolute Gasteiger partial charge is 0.201 e. The summed E-state index contributed by atoms with van der Waals surface area (Å²) in [4.78, 5) is 0. The van der Waals surface area contributed by atoms with E-state index >= 15 is 0 Å². The van der Waals surface area contributed by atoms with Crippen molar-refractivity contribution in [3.05, 3.63) is 0 Å². The Hall–Kier alpha value is -0.580. The average molecular weight is 144 g/mol. The molecule has 0 bridgehead atoms. The zero-order valence-electron chi connectivity index (χ0n) is 5.74. The summed E-state index contributed by atoms with van der Waals surface area (Å²) < 4.78 is 25.8. The van der Waals surface area contributed by atoms with Crippen LogP contribution in [0.25, 0.3) is 0 Å². The van der Waals surface area contributed by atoms with Crippen molar-refractivity contribution in [3.63, 3.8) is 0 Å². The van der Waals surface area contributed by atoms with Crippen molar-refractivity contribution in [1.29, 1.82) is 0 Å². The van der Waals surface area contributed by atoms with Gasteiger partial charge in [-0.3, -0.25) is 0 Å². The first kappa shape index (κ1) is 7.53. The zero-order chi connectivity index (χ0) is 7.61. The van der Waals surface area contributed by atoms with Crippen LogP contribution in [0.1, 0.15) is 25.7 Å². The standard InChI is InChI=1S/C8H10F2/c1-2-8(10)6-4-3-5-7(8)9/h1,7H,3-6H2. The van der Waals surface area contributed by atoms with E-state index in [1.807, 2.05) is 5.92 Å². The maximum absolute atomic E-state index is 13.1. The van der Waals surface area contributed by atoms with Crippen LogP contribution in [-0.4, -0.2) is 11.8 Å². The molecule has 0 heterocycles. The lowest BCUT2D eigenvalue weighted by Crippen LogP contribution is -2.36. The Balaban J connectivity index is 2.65. The van der Waals surface area contributed by atoms with Gasteiger partial charge in [0.2, 0.25) is 5.67 Å². The van der Waals surface area contributed by atoms with Crippen LogP contribution in [0.15, 0.2) is 0 Å². The lowest BCUT2D eigenvalue weighted by atomic mass is 9.85. The lowest BCUT2D eigenvalue weighted by molar-refractivity contribution is 0.0624. The molecule has 2 atom stereocenters. The van der Waals surface area contributed by atoms with Crippen LogP contribution in [0.2, 0.25) is 0 Å². The van der Waals surface area contributed by atoms with Crippen LogP contribution >= 0.6 is 0 Å². The second kappa shape index (κ2) is 2.57. The summed E-state index contributed by atoms with van der Waals surface area (Å²) in [7, 11) is 0. The van der Waals surface area contributed by atoms with E-state index in [9.17, 15) is 8.78 Å². The highest BCUT2D eigenvalue weighted by molar-refractivity contribution is 5.13. The van der Waals surface area contributed by atoms with E-state index in [0.29, 0.717) is 6.42 Å². The largest absolute Gasteiger partial charge is 0.243 e. The average Bonchev–Trinajstić information content (AvgIpc) is 1.96. The minimum absolute atomic E-state index is 0.185. The predicted octanol–water partition coefficient (Wildman–Crippen LogP) is 2.24. The number of alkyl halides is 2. The Morgan fingerprint density at radius 3 is 2.60 bits per heavy atom. The van der Waals surface area contributed by atoms with E-state index in [2.05, 4.69) is 0 Å². The van der Waals surface area contributed by atoms with Crippen LogP contribution in [0.3, 0.4) is 0 Å². The molecule has 0 amide bonds. The number of halogens is 2. The molecule has 0 saturated heterocycles. The van der Waals surface area contributed by atoms with Gasteiger partial charge in [0.1, 0.15) is 6.17 Å². The molecule has 1 fully saturated rings. The monoisotopic (exact) mass is 144 g/mol. The first-order valence-corrected chi connectivity index (χ1v) is 3.50. The summed E-state index contributed by atoms with van der Waals surface area (Å²) in [6.45, 7) is 0. The Kier molecular flexibility index (Phi) is 1.94. The number of hydrogen-bond acceptors (Lipinski definition) is 0. The van der Waals surface area contributed by atoms with Gasteiger partial charge in [0.25, 0.3) is 0 Å². The summed E-state index contributed by atoms with van der Waals surface area (Å²) in [6, 6.07) is 0. The van der Waals surface area contributed by atoms with Crippen molar-refractivity contribution < 1.29 is 8.78 Å². The third-order valence-electron chi connectivity index (χ3n) is 1.98. The van der Waals surface area contributed by atoms with Gasteiger partial charge in [-0.2, -0.15) is 0 Å². The van der Waals surface area contributed by atoms with Gasteiger partial charge in [-0.1, -0.05) is 12.3 Å². The fourth-order valence-electron chi connectivity index (χ4n) is 1.25. The molecule has 10 heavy (non-hydrogen) atoms. The summed E-state index contributed by atoms with van der Waals surface area (Å²) in [6.07, 6.45) is 5.36. The van der Waals surface area contributed by atoms with Gasteiger partial charge in [-0.15, -0.1) is 6.42 Å². The quantitative estimate of drug-likeness (QED) is 0.457. The molecular weight excluding hydrogens is 134 g/mol. The SMILES string of the molecule is C#CC1(F)CCCCC1F. The molecule has 1 aliphatic carbocycles. The molecule has 1 rings (SSSR count). The van der Waals surface area contributed by atoms with E-state index in [4.69, 9.17) is 6.42 Å². The van der Waals surface area contributed by atoms with E-state index < -0.39 is 11.8 Å². The number of terminal acetylenes is 1. The van der Waals surface area contributed by atoms with E-state index in [1.54, 1.807) is 0 Å². The fourth-order valence-corrected chi connectivity index (χ4v) is 1.25. The molecule has 56 valence electrons. The van der Waals surface area contributed by atoms with E-state index in [0.717, 1.165) is 6.42 Å². The Bertz CT molecular complexity index is 159. The van der Waals surface area contributed by atoms with Crippen LogP contribution in [0.4, 0.5) is 8.78 Å². The molecule has 1 aliphatic rings. The molecule has 2 unspecified atom stereocenters. The molecule has 2 heteroatoms. The van der Waals surface area contributed by atoms with Crippen LogP contribution in [0, 0.1) is 12.3 Å². The molecule has 0 nitrogen and oxygen atoms in total. The maximum atomic E-state index is 13.1. The summed E-state index contributed by atoms with van der Waals surface area (Å²) in [5.74, 6) is 1.89. The number of rotatable bonds is 0. The van der Waals surface area contributed by atoms with Crippen LogP contribution in [0.5, 0.6) is 0 Å². The maximum Gasteiger partial charge on any atom is 0.201 e. The normalized spacial score (nSPS) is 40.7. The molecule has 0 N–H and O–H groups in total. The molecular formula is C8H10F2. The fraction of sp³-hybridized carbons (Fsp3) is 0.750. The Morgan fingerprint density at radius 2 is 2.20 bits per heavy atom. The van der Waals surface area contributed by atoms with Crippen molar-refractivity contribution in [2.24, 2.45) is 0 Å². The first-order chi connectivity index (χ1) is 4.69. The van der Waals surface area contributed by atoms with Gasteiger partial charge in [0.05, 0.1) is 0 Å². The van der Waals surface area contributed by atoms with Gasteiger partial charge < -0.3 is 0 Å². The highest BCUT2D eigenvalue weighted by atomic mass is 19.2. The molecule has 0 spiro atoms. The second-order valence-corrected chi connectivity index (χ2v) is 2.72. The molecule has 0 aromatic rings. The van der Waals surface area contributed by atoms with Crippen molar-refractivity contribution in [2.75, 3.05) is 0 Å². The Labute approximate surface area is 59.6 Å². The predicted molar refractivity (Wildman–Crippen MR) is 36.0 cm³/mol. The van der Waals surface area contributed by atoms with Gasteiger partial charge >= 0.3 is 0 Å². The minimum atomic E-state index is -1.96.